The summed E-state index contributed by atoms with van der Waals surface area (Å²) in [6.07, 6.45) is 0.532. The van der Waals surface area contributed by atoms with E-state index in [4.69, 9.17) is 14.6 Å². The third-order valence-corrected chi connectivity index (χ3v) is 6.04. The first-order valence-corrected chi connectivity index (χ1v) is 12.6. The van der Waals surface area contributed by atoms with E-state index < -0.39 is 42.9 Å². The summed E-state index contributed by atoms with van der Waals surface area (Å²) in [6, 6.07) is 4.79. The number of aliphatic hydroxyl groups is 1. The van der Waals surface area contributed by atoms with Crippen molar-refractivity contribution in [1.29, 1.82) is 0 Å². The summed E-state index contributed by atoms with van der Waals surface area (Å²) in [4.78, 5) is 22.8. The Hall–Kier alpha value is -1.47. The van der Waals surface area contributed by atoms with E-state index in [-0.39, 0.29) is 21.6 Å². The summed E-state index contributed by atoms with van der Waals surface area (Å²) < 4.78 is 27.3. The zero-order valence-electron chi connectivity index (χ0n) is 16.5. The van der Waals surface area contributed by atoms with Gasteiger partial charge in [0, 0.05) is 0 Å². The van der Waals surface area contributed by atoms with Gasteiger partial charge in [0.25, 0.3) is 0 Å². The van der Waals surface area contributed by atoms with Crippen LogP contribution in [-0.2, 0) is 20.2 Å². The van der Waals surface area contributed by atoms with Gasteiger partial charge in [-0.3, -0.25) is 0 Å². The van der Waals surface area contributed by atoms with E-state index in [2.05, 4.69) is 4.36 Å². The van der Waals surface area contributed by atoms with Crippen molar-refractivity contribution < 1.29 is 48.2 Å². The molecule has 0 aliphatic carbocycles. The Balaban J connectivity index is 3.14. The van der Waals surface area contributed by atoms with E-state index >= 15 is 0 Å². The fourth-order valence-corrected chi connectivity index (χ4v) is 4.80. The topological polar surface area (TPSA) is 128 Å². The second-order valence-electron chi connectivity index (χ2n) is 7.21. The molecule has 1 rings (SSSR count). The van der Waals surface area contributed by atoms with Crippen LogP contribution >= 0.6 is 0 Å². The van der Waals surface area contributed by atoms with Crippen LogP contribution in [0.4, 0.5) is 4.79 Å². The number of benzene rings is 1. The molecule has 0 aromatic heterocycles. The van der Waals surface area contributed by atoms with E-state index in [1.54, 1.807) is 45.9 Å². The van der Waals surface area contributed by atoms with E-state index in [0.29, 0.717) is 21.3 Å². The van der Waals surface area contributed by atoms with Crippen molar-refractivity contribution in [3.8, 4) is 5.75 Å². The second kappa shape index (κ2) is 10.3. The molecular weight excluding hydrogens is 503 g/mol. The molecule has 0 aliphatic heterocycles. The first-order chi connectivity index (χ1) is 12.8. The first-order valence-electron chi connectivity index (χ1n) is 8.43. The summed E-state index contributed by atoms with van der Waals surface area (Å²) in [6.45, 7) is 6.76. The molecule has 0 unspecified atom stereocenters. The number of carbonyl (C=O) groups excluding carboxylic acids is 1. The SMILES string of the molecule is C[C@@H](CCO)Oc1cc(C[S@](C)(=O)=NC(=O)OC(C)(C)C)cc([I-][N+](=O)[O-])c1. The van der Waals surface area contributed by atoms with Crippen molar-refractivity contribution in [3.63, 3.8) is 0 Å². The molecule has 0 heterocycles. The van der Waals surface area contributed by atoms with Crippen LogP contribution in [0, 0.1) is 13.7 Å². The molecule has 0 spiro atoms. The fourth-order valence-electron chi connectivity index (χ4n) is 2.15. The Labute approximate surface area is 175 Å². The van der Waals surface area contributed by atoms with Gasteiger partial charge in [-0.15, -0.1) is 0 Å². The van der Waals surface area contributed by atoms with Gasteiger partial charge in [0.05, 0.1) is 0 Å². The molecule has 28 heavy (non-hydrogen) atoms. The molecule has 1 amide bonds. The summed E-state index contributed by atoms with van der Waals surface area (Å²) >= 11 is -1.50. The third kappa shape index (κ3) is 10.2. The van der Waals surface area contributed by atoms with Gasteiger partial charge in [-0.1, -0.05) is 0 Å². The number of amides is 1. The molecule has 1 aromatic carbocycles. The quantitative estimate of drug-likeness (QED) is 0.214. The average Bonchev–Trinajstić information content (AvgIpc) is 2.42. The normalized spacial score (nSPS) is 14.8. The third-order valence-electron chi connectivity index (χ3n) is 3.07. The van der Waals surface area contributed by atoms with Crippen LogP contribution in [0.1, 0.15) is 39.7 Å². The predicted octanol–water partition coefficient (Wildman–Crippen LogP) is -0.180. The summed E-state index contributed by atoms with van der Waals surface area (Å²) in [7, 11) is -2.96. The molecule has 1 N–H and O–H groups in total. The molecule has 0 fully saturated rings. The Morgan fingerprint density at radius 3 is 2.57 bits per heavy atom. The summed E-state index contributed by atoms with van der Waals surface area (Å²) in [5, 5.41) is 19.9. The number of nitro groups is 1. The van der Waals surface area contributed by atoms with Gasteiger partial charge in [0.1, 0.15) is 0 Å². The summed E-state index contributed by atoms with van der Waals surface area (Å²) in [5.74, 6) is 0.314. The minimum atomic E-state index is -2.96. The second-order valence-corrected chi connectivity index (χ2v) is 12.1. The van der Waals surface area contributed by atoms with E-state index in [1.807, 2.05) is 0 Å². The standard InChI is InChI=1S/C17H26IN2O7S/c1-12(6-7-21)26-15-9-13(8-14(10-15)18-20(23)24)11-28(5,25)19-16(22)27-17(2,3)4/h8-10,12,21H,6-7,11H2,1-5H3/q-1/t12-,28-/m0/s1. The van der Waals surface area contributed by atoms with Crippen molar-refractivity contribution in [1.82, 2.24) is 0 Å². The van der Waals surface area contributed by atoms with Crippen LogP contribution in [0.5, 0.6) is 5.75 Å². The maximum absolute atomic E-state index is 12.8. The van der Waals surface area contributed by atoms with Crippen molar-refractivity contribution >= 4 is 15.8 Å². The number of aliphatic hydroxyl groups excluding tert-OH is 1. The number of hydrogen-bond donors (Lipinski definition) is 1. The fraction of sp³-hybridized carbons (Fsp3) is 0.588. The van der Waals surface area contributed by atoms with Crippen LogP contribution in [0.2, 0.25) is 0 Å². The van der Waals surface area contributed by atoms with Crippen LogP contribution in [0.25, 0.3) is 0 Å². The van der Waals surface area contributed by atoms with Crippen LogP contribution in [0.3, 0.4) is 0 Å². The predicted molar refractivity (Wildman–Crippen MR) is 100 cm³/mol. The molecule has 0 bridgehead atoms. The number of hydrogen-bond acceptors (Lipinski definition) is 7. The van der Waals surface area contributed by atoms with Gasteiger partial charge >= 0.3 is 176 Å². The minimum absolute atomic E-state index is 0.0485. The number of ether oxygens (including phenoxy) is 2. The Morgan fingerprint density at radius 1 is 1.39 bits per heavy atom. The van der Waals surface area contributed by atoms with E-state index in [9.17, 15) is 19.1 Å². The van der Waals surface area contributed by atoms with Crippen molar-refractivity contribution in [3.05, 3.63) is 37.4 Å². The monoisotopic (exact) mass is 529 g/mol. The molecule has 0 aliphatic rings. The van der Waals surface area contributed by atoms with Gasteiger partial charge in [-0.2, -0.15) is 0 Å². The zero-order chi connectivity index (χ0) is 21.5. The zero-order valence-corrected chi connectivity index (χ0v) is 19.5. The van der Waals surface area contributed by atoms with E-state index in [0.717, 1.165) is 0 Å². The molecule has 160 valence electrons. The van der Waals surface area contributed by atoms with Gasteiger partial charge in [-0.25, -0.2) is 0 Å². The van der Waals surface area contributed by atoms with Crippen molar-refractivity contribution in [2.45, 2.75) is 51.6 Å². The molecule has 11 heteroatoms. The maximum atomic E-state index is 12.8. The molecule has 0 saturated heterocycles. The summed E-state index contributed by atoms with van der Waals surface area (Å²) in [5.41, 5.74) is -0.235. The average molecular weight is 529 g/mol. The van der Waals surface area contributed by atoms with Gasteiger partial charge in [-0.05, 0) is 0 Å². The number of carbonyl (C=O) groups is 1. The molecule has 0 saturated carbocycles. The van der Waals surface area contributed by atoms with Gasteiger partial charge in [0.15, 0.2) is 0 Å². The molecule has 1 aromatic rings. The van der Waals surface area contributed by atoms with Gasteiger partial charge < -0.3 is 0 Å². The van der Waals surface area contributed by atoms with Gasteiger partial charge in [0.2, 0.25) is 0 Å². The molecule has 9 nitrogen and oxygen atoms in total. The Bertz CT molecular complexity index is 829. The Kier molecular flexibility index (Phi) is 9.08. The Morgan fingerprint density at radius 2 is 2.04 bits per heavy atom. The molecule has 2 atom stereocenters. The molecular formula is C17H26IN2O7S-. The van der Waals surface area contributed by atoms with E-state index in [1.165, 1.54) is 6.26 Å². The number of nitrogens with zero attached hydrogens (tertiary/aromatic N) is 2. The first kappa shape index (κ1) is 24.6. The number of rotatable bonds is 8. The number of halogens is 1. The van der Waals surface area contributed by atoms with Crippen molar-refractivity contribution in [2.24, 2.45) is 4.36 Å². The molecule has 0 radical (unpaired) electrons. The van der Waals surface area contributed by atoms with Crippen LogP contribution < -0.4 is 26.2 Å². The van der Waals surface area contributed by atoms with Crippen LogP contribution in [-0.4, -0.2) is 43.1 Å². The van der Waals surface area contributed by atoms with Crippen LogP contribution in [0.15, 0.2) is 22.6 Å². The van der Waals surface area contributed by atoms with Crippen molar-refractivity contribution in [2.75, 3.05) is 12.9 Å².